The van der Waals surface area contributed by atoms with Gasteiger partial charge < -0.3 is 0 Å². The van der Waals surface area contributed by atoms with Crippen LogP contribution in [0.5, 0.6) is 0 Å². The van der Waals surface area contributed by atoms with Gasteiger partial charge in [-0.15, -0.1) is 0 Å². The van der Waals surface area contributed by atoms with Crippen molar-refractivity contribution < 1.29 is 4.79 Å². The smallest absolute Gasteiger partial charge is 0.141 e. The fourth-order valence-electron chi connectivity index (χ4n) is 2.52. The molecule has 0 unspecified atom stereocenters. The predicted molar refractivity (Wildman–Crippen MR) is 102 cm³/mol. The van der Waals surface area contributed by atoms with Gasteiger partial charge in [-0.25, -0.2) is 0 Å². The molecule has 0 N–H and O–H groups in total. The monoisotopic (exact) mass is 384 g/mol. The topological polar surface area (TPSA) is 42.9 Å². The molecule has 3 rings (SSSR count). The summed E-state index contributed by atoms with van der Waals surface area (Å²) in [6.07, 6.45) is 6.07. The van der Waals surface area contributed by atoms with Crippen LogP contribution in [0.3, 0.4) is 0 Å². The number of benzene rings is 1. The minimum atomic E-state index is 0.173. The van der Waals surface area contributed by atoms with Gasteiger partial charge in [-0.3, -0.25) is 14.8 Å². The molecule has 0 aliphatic rings. The maximum absolute atomic E-state index is 12.3. The molecule has 124 valence electrons. The molecule has 0 fully saturated rings. The molecule has 3 aromatic rings. The third-order valence-electron chi connectivity index (χ3n) is 3.72. The number of pyridine rings is 2. The minimum absolute atomic E-state index is 0.173. The highest BCUT2D eigenvalue weighted by atomic mass is 79.9. The second-order valence-electron chi connectivity index (χ2n) is 5.32. The molecule has 0 aliphatic carbocycles. The van der Waals surface area contributed by atoms with E-state index in [9.17, 15) is 4.79 Å². The summed E-state index contributed by atoms with van der Waals surface area (Å²) in [5.41, 5.74) is 4.00. The number of hydrogen-bond donors (Lipinski definition) is 0. The third-order valence-corrected chi connectivity index (χ3v) is 4.21. The zero-order valence-electron chi connectivity index (χ0n) is 14.2. The fraction of sp³-hybridized carbons (Fsp3) is 0.250. The average molecular weight is 385 g/mol. The van der Waals surface area contributed by atoms with E-state index in [4.69, 9.17) is 0 Å². The molecule has 0 atom stereocenters. The lowest BCUT2D eigenvalue weighted by Crippen LogP contribution is -2.08. The summed E-state index contributed by atoms with van der Waals surface area (Å²) in [5.74, 6) is 0.173. The van der Waals surface area contributed by atoms with Crippen LogP contribution in [0.2, 0.25) is 0 Å². The Morgan fingerprint density at radius 1 is 1.12 bits per heavy atom. The van der Waals surface area contributed by atoms with Crippen molar-refractivity contribution in [2.45, 2.75) is 33.6 Å². The van der Waals surface area contributed by atoms with Crippen LogP contribution in [0, 0.1) is 6.92 Å². The Morgan fingerprint density at radius 2 is 1.92 bits per heavy atom. The van der Waals surface area contributed by atoms with Gasteiger partial charge in [0.05, 0.1) is 5.52 Å². The Morgan fingerprint density at radius 3 is 2.62 bits per heavy atom. The molecule has 0 bridgehead atoms. The third kappa shape index (κ3) is 4.48. The van der Waals surface area contributed by atoms with E-state index in [2.05, 4.69) is 25.9 Å². The molecular weight excluding hydrogens is 364 g/mol. The number of carbonyl (C=O) groups excluding carboxylic acids is 1. The second kappa shape index (κ2) is 8.69. The number of fused-ring (bicyclic) bond motifs is 1. The van der Waals surface area contributed by atoms with Crippen molar-refractivity contribution in [3.05, 3.63) is 70.1 Å². The number of aryl methyl sites for hydroxylation is 1. The zero-order valence-corrected chi connectivity index (χ0v) is 15.8. The Hall–Kier alpha value is -2.07. The normalized spacial score (nSPS) is 10.2. The lowest BCUT2D eigenvalue weighted by Gasteiger charge is -2.09. The SMILES string of the molecule is CC.Cc1c(CC(=O)Cc2cccnc2)cnc2ccc(Br)cc12. The largest absolute Gasteiger partial charge is 0.299 e. The lowest BCUT2D eigenvalue weighted by atomic mass is 9.99. The van der Waals surface area contributed by atoms with Crippen LogP contribution in [-0.4, -0.2) is 15.8 Å². The van der Waals surface area contributed by atoms with Gasteiger partial charge in [-0.2, -0.15) is 0 Å². The van der Waals surface area contributed by atoms with Crippen LogP contribution in [0.1, 0.15) is 30.5 Å². The van der Waals surface area contributed by atoms with Crippen LogP contribution in [0.15, 0.2) is 53.4 Å². The van der Waals surface area contributed by atoms with E-state index in [0.717, 1.165) is 32.1 Å². The molecule has 1 aromatic carbocycles. The molecule has 3 nitrogen and oxygen atoms in total. The lowest BCUT2D eigenvalue weighted by molar-refractivity contribution is -0.117. The van der Waals surface area contributed by atoms with Crippen LogP contribution < -0.4 is 0 Å². The number of carbonyl (C=O) groups is 1. The van der Waals surface area contributed by atoms with Gasteiger partial charge in [-0.05, 0) is 47.9 Å². The Bertz CT molecular complexity index is 832. The predicted octanol–water partition coefficient (Wildman–Crippen LogP) is 5.08. The number of Topliss-reactive ketones (excluding diaryl/α,β-unsaturated/α-hetero) is 1. The summed E-state index contributed by atoms with van der Waals surface area (Å²) in [6.45, 7) is 6.04. The highest BCUT2D eigenvalue weighted by Gasteiger charge is 2.10. The first-order valence-electron chi connectivity index (χ1n) is 8.08. The van der Waals surface area contributed by atoms with Crippen molar-refractivity contribution >= 4 is 32.6 Å². The van der Waals surface area contributed by atoms with Gasteiger partial charge in [0.25, 0.3) is 0 Å². The van der Waals surface area contributed by atoms with Gasteiger partial charge in [0.2, 0.25) is 0 Å². The van der Waals surface area contributed by atoms with E-state index in [1.807, 2.05) is 57.3 Å². The van der Waals surface area contributed by atoms with Crippen molar-refractivity contribution in [1.29, 1.82) is 0 Å². The highest BCUT2D eigenvalue weighted by Crippen LogP contribution is 2.24. The summed E-state index contributed by atoms with van der Waals surface area (Å²) >= 11 is 3.48. The zero-order chi connectivity index (χ0) is 17.5. The number of rotatable bonds is 4. The molecule has 2 heterocycles. The molecule has 2 aromatic heterocycles. The molecule has 0 saturated carbocycles. The molecule has 0 aliphatic heterocycles. The number of aromatic nitrogens is 2. The van der Waals surface area contributed by atoms with Crippen LogP contribution in [0.4, 0.5) is 0 Å². The molecular formula is C20H21BrN2O. The Kier molecular flexibility index (Phi) is 6.62. The summed E-state index contributed by atoms with van der Waals surface area (Å²) in [5, 5.41) is 1.08. The van der Waals surface area contributed by atoms with E-state index < -0.39 is 0 Å². The first kappa shape index (κ1) is 18.3. The molecule has 4 heteroatoms. The second-order valence-corrected chi connectivity index (χ2v) is 6.24. The van der Waals surface area contributed by atoms with Gasteiger partial charge in [-0.1, -0.05) is 35.8 Å². The quantitative estimate of drug-likeness (QED) is 0.629. The molecule has 0 spiro atoms. The van der Waals surface area contributed by atoms with E-state index >= 15 is 0 Å². The molecule has 0 saturated heterocycles. The Labute approximate surface area is 151 Å². The first-order chi connectivity index (χ1) is 11.6. The number of nitrogens with zero attached hydrogens (tertiary/aromatic N) is 2. The standard InChI is InChI=1S/C18H15BrN2O.C2H6/c1-12-14(8-16(22)7-13-3-2-6-20-10-13)11-21-18-5-4-15(19)9-17(12)18;1-2/h2-6,9-11H,7-8H2,1H3;1-2H3. The van der Waals surface area contributed by atoms with Gasteiger partial charge in [0.15, 0.2) is 0 Å². The van der Waals surface area contributed by atoms with Crippen molar-refractivity contribution in [3.63, 3.8) is 0 Å². The molecule has 0 radical (unpaired) electrons. The molecule has 0 amide bonds. The van der Waals surface area contributed by atoms with Crippen molar-refractivity contribution in [2.24, 2.45) is 0 Å². The van der Waals surface area contributed by atoms with Gasteiger partial charge in [0, 0.05) is 41.3 Å². The van der Waals surface area contributed by atoms with E-state index in [-0.39, 0.29) is 5.78 Å². The van der Waals surface area contributed by atoms with E-state index in [0.29, 0.717) is 12.8 Å². The summed E-state index contributed by atoms with van der Waals surface area (Å²) in [6, 6.07) is 9.78. The maximum atomic E-state index is 12.3. The van der Waals surface area contributed by atoms with Crippen LogP contribution in [-0.2, 0) is 17.6 Å². The van der Waals surface area contributed by atoms with Gasteiger partial charge >= 0.3 is 0 Å². The molecule has 24 heavy (non-hydrogen) atoms. The average Bonchev–Trinajstić information content (AvgIpc) is 2.60. The number of halogens is 1. The number of hydrogen-bond acceptors (Lipinski definition) is 3. The van der Waals surface area contributed by atoms with Gasteiger partial charge in [0.1, 0.15) is 5.78 Å². The number of ketones is 1. The Balaban J connectivity index is 0.00000100. The van der Waals surface area contributed by atoms with E-state index in [1.54, 1.807) is 12.4 Å². The van der Waals surface area contributed by atoms with Crippen LogP contribution >= 0.6 is 15.9 Å². The summed E-state index contributed by atoms with van der Waals surface area (Å²) in [4.78, 5) is 20.8. The van der Waals surface area contributed by atoms with Crippen molar-refractivity contribution in [2.75, 3.05) is 0 Å². The van der Waals surface area contributed by atoms with E-state index in [1.165, 1.54) is 0 Å². The fourth-order valence-corrected chi connectivity index (χ4v) is 2.88. The maximum Gasteiger partial charge on any atom is 0.141 e. The highest BCUT2D eigenvalue weighted by molar-refractivity contribution is 9.10. The summed E-state index contributed by atoms with van der Waals surface area (Å²) < 4.78 is 1.02. The summed E-state index contributed by atoms with van der Waals surface area (Å²) in [7, 11) is 0. The first-order valence-corrected chi connectivity index (χ1v) is 8.87. The van der Waals surface area contributed by atoms with Crippen molar-refractivity contribution in [3.8, 4) is 0 Å². The van der Waals surface area contributed by atoms with Crippen molar-refractivity contribution in [1.82, 2.24) is 9.97 Å². The van der Waals surface area contributed by atoms with Crippen LogP contribution in [0.25, 0.3) is 10.9 Å². The minimum Gasteiger partial charge on any atom is -0.299 e.